The molecule has 3 heterocycles. The number of ether oxygens (including phenoxy) is 2. The molecule has 7 nitrogen and oxygen atoms in total. The molecular formula is C31H26N2O5S. The summed E-state index contributed by atoms with van der Waals surface area (Å²) < 4.78 is 12.3. The fraction of sp³-hybridized carbons (Fsp3) is 0.194. The summed E-state index contributed by atoms with van der Waals surface area (Å²) in [5.74, 6) is -0.339. The zero-order valence-electron chi connectivity index (χ0n) is 21.5. The lowest BCUT2D eigenvalue weighted by Gasteiger charge is -2.23. The van der Waals surface area contributed by atoms with Crippen LogP contribution in [0.4, 0.5) is 5.13 Å². The van der Waals surface area contributed by atoms with Crippen molar-refractivity contribution in [2.75, 3.05) is 11.5 Å². The molecule has 1 amide bonds. The van der Waals surface area contributed by atoms with Gasteiger partial charge in [0.2, 0.25) is 0 Å². The molecule has 0 saturated carbocycles. The van der Waals surface area contributed by atoms with Crippen LogP contribution in [0.15, 0.2) is 78.9 Å². The number of carbonyl (C=O) groups is 2. The first-order valence-corrected chi connectivity index (χ1v) is 13.5. The van der Waals surface area contributed by atoms with Crippen LogP contribution in [0.25, 0.3) is 16.0 Å². The Kier molecular flexibility index (Phi) is 6.19. The maximum atomic E-state index is 13.6. The Balaban J connectivity index is 1.50. The topological polar surface area (TPSA) is 89.0 Å². The smallest absolute Gasteiger partial charge is 0.301 e. The van der Waals surface area contributed by atoms with E-state index in [-0.39, 0.29) is 17.4 Å². The van der Waals surface area contributed by atoms with Crippen molar-refractivity contribution in [3.05, 3.63) is 101 Å². The number of aryl methyl sites for hydroxylation is 1. The zero-order valence-corrected chi connectivity index (χ0v) is 22.3. The van der Waals surface area contributed by atoms with Crippen molar-refractivity contribution in [2.45, 2.75) is 32.4 Å². The van der Waals surface area contributed by atoms with E-state index in [1.807, 2.05) is 38.1 Å². The first-order chi connectivity index (χ1) is 18.8. The summed E-state index contributed by atoms with van der Waals surface area (Å²) >= 11 is 1.34. The van der Waals surface area contributed by atoms with E-state index < -0.39 is 17.7 Å². The van der Waals surface area contributed by atoms with Gasteiger partial charge < -0.3 is 14.6 Å². The van der Waals surface area contributed by atoms with E-state index in [9.17, 15) is 14.7 Å². The minimum absolute atomic E-state index is 0.0158. The number of benzene rings is 3. The average molecular weight is 539 g/mol. The van der Waals surface area contributed by atoms with E-state index >= 15 is 0 Å². The van der Waals surface area contributed by atoms with Gasteiger partial charge in [-0.15, -0.1) is 0 Å². The first kappa shape index (κ1) is 24.9. The Bertz CT molecular complexity index is 1670. The van der Waals surface area contributed by atoms with Crippen LogP contribution in [0.3, 0.4) is 0 Å². The number of aliphatic hydroxyl groups excluding tert-OH is 1. The van der Waals surface area contributed by atoms with Gasteiger partial charge >= 0.3 is 5.91 Å². The van der Waals surface area contributed by atoms with Crippen molar-refractivity contribution >= 4 is 44.1 Å². The van der Waals surface area contributed by atoms with Crippen LogP contribution < -0.4 is 14.4 Å². The standard InChI is InChI=1S/C31H26N2O5S/c1-4-13-37-22-9-6-19(7-10-22)27-26(28(34)20-8-12-24-21(16-20)15-18(3)38-24)29(35)30(36)33(27)31-32-23-11-5-17(2)14-25(23)39-31/h4-12,14,16,18,27,34H,1,13,15H2,2-3H3. The fourth-order valence-corrected chi connectivity index (χ4v) is 6.18. The Morgan fingerprint density at radius 2 is 1.97 bits per heavy atom. The van der Waals surface area contributed by atoms with Crippen LogP contribution in [0, 0.1) is 6.92 Å². The molecule has 0 spiro atoms. The van der Waals surface area contributed by atoms with E-state index in [0.717, 1.165) is 27.1 Å². The number of aliphatic hydroxyl groups is 1. The number of nitrogens with zero attached hydrogens (tertiary/aromatic N) is 2. The molecule has 2 aliphatic heterocycles. The van der Waals surface area contributed by atoms with E-state index in [4.69, 9.17) is 14.5 Å². The van der Waals surface area contributed by atoms with Crippen molar-refractivity contribution in [2.24, 2.45) is 0 Å². The molecule has 2 unspecified atom stereocenters. The van der Waals surface area contributed by atoms with Crippen molar-refractivity contribution < 1.29 is 24.2 Å². The zero-order chi connectivity index (χ0) is 27.3. The summed E-state index contributed by atoms with van der Waals surface area (Å²) in [6.07, 6.45) is 2.39. The number of thiazole rings is 1. The molecule has 196 valence electrons. The molecule has 1 aromatic heterocycles. The average Bonchev–Trinajstić information content (AvgIpc) is 3.59. The molecule has 2 atom stereocenters. The highest BCUT2D eigenvalue weighted by Crippen LogP contribution is 2.45. The Hall–Kier alpha value is -4.43. The number of hydrogen-bond donors (Lipinski definition) is 1. The van der Waals surface area contributed by atoms with Gasteiger partial charge in [-0.05, 0) is 73.0 Å². The van der Waals surface area contributed by atoms with Gasteiger partial charge in [-0.25, -0.2) is 4.98 Å². The van der Waals surface area contributed by atoms with Gasteiger partial charge in [-0.3, -0.25) is 14.5 Å². The predicted molar refractivity (Wildman–Crippen MR) is 152 cm³/mol. The monoisotopic (exact) mass is 538 g/mol. The lowest BCUT2D eigenvalue weighted by Crippen LogP contribution is -2.29. The number of amides is 1. The maximum absolute atomic E-state index is 13.6. The molecule has 6 rings (SSSR count). The van der Waals surface area contributed by atoms with Crippen molar-refractivity contribution in [1.82, 2.24) is 4.98 Å². The lowest BCUT2D eigenvalue weighted by atomic mass is 9.94. The first-order valence-electron chi connectivity index (χ1n) is 12.7. The second kappa shape index (κ2) is 9.71. The fourth-order valence-electron chi connectivity index (χ4n) is 5.09. The Labute approximate surface area is 229 Å². The Morgan fingerprint density at radius 3 is 2.74 bits per heavy atom. The summed E-state index contributed by atoms with van der Waals surface area (Å²) in [5, 5.41) is 11.9. The molecular weight excluding hydrogens is 512 g/mol. The van der Waals surface area contributed by atoms with Gasteiger partial charge in [0.05, 0.1) is 21.8 Å². The highest BCUT2D eigenvalue weighted by Gasteiger charge is 2.48. The molecule has 1 saturated heterocycles. The van der Waals surface area contributed by atoms with Crippen LogP contribution in [0.2, 0.25) is 0 Å². The van der Waals surface area contributed by atoms with Crippen LogP contribution in [-0.2, 0) is 16.0 Å². The van der Waals surface area contributed by atoms with Crippen LogP contribution in [0.1, 0.15) is 35.2 Å². The molecule has 1 fully saturated rings. The number of aromatic nitrogens is 1. The molecule has 1 N–H and O–H groups in total. The summed E-state index contributed by atoms with van der Waals surface area (Å²) in [4.78, 5) is 33.2. The lowest BCUT2D eigenvalue weighted by molar-refractivity contribution is -0.132. The van der Waals surface area contributed by atoms with Crippen molar-refractivity contribution in [3.8, 4) is 11.5 Å². The Morgan fingerprint density at radius 1 is 1.18 bits per heavy atom. The van der Waals surface area contributed by atoms with Gasteiger partial charge in [0, 0.05) is 12.0 Å². The van der Waals surface area contributed by atoms with Gasteiger partial charge in [-0.1, -0.05) is 42.2 Å². The van der Waals surface area contributed by atoms with E-state index in [2.05, 4.69) is 6.58 Å². The SMILES string of the molecule is C=CCOc1ccc(C2C(=C(O)c3ccc4c(c3)CC(C)O4)C(=O)C(=O)N2c2nc3ccc(C)cc3s2)cc1. The summed E-state index contributed by atoms with van der Waals surface area (Å²) in [6.45, 7) is 7.99. The predicted octanol–water partition coefficient (Wildman–Crippen LogP) is 6.12. The number of hydrogen-bond acceptors (Lipinski definition) is 7. The number of fused-ring (bicyclic) bond motifs is 2. The van der Waals surface area contributed by atoms with Crippen LogP contribution in [-0.4, -0.2) is 34.5 Å². The molecule has 0 radical (unpaired) electrons. The highest BCUT2D eigenvalue weighted by molar-refractivity contribution is 7.22. The van der Waals surface area contributed by atoms with Gasteiger partial charge in [0.25, 0.3) is 5.78 Å². The van der Waals surface area contributed by atoms with E-state index in [1.165, 1.54) is 16.2 Å². The largest absolute Gasteiger partial charge is 0.507 e. The molecule has 39 heavy (non-hydrogen) atoms. The quantitative estimate of drug-likeness (QED) is 0.138. The van der Waals surface area contributed by atoms with Gasteiger partial charge in [0.15, 0.2) is 5.13 Å². The molecule has 3 aromatic carbocycles. The third-order valence-electron chi connectivity index (χ3n) is 6.92. The van der Waals surface area contributed by atoms with Crippen LogP contribution >= 0.6 is 11.3 Å². The van der Waals surface area contributed by atoms with E-state index in [0.29, 0.717) is 35.0 Å². The van der Waals surface area contributed by atoms with Crippen molar-refractivity contribution in [3.63, 3.8) is 0 Å². The maximum Gasteiger partial charge on any atom is 0.301 e. The van der Waals surface area contributed by atoms with Crippen LogP contribution in [0.5, 0.6) is 11.5 Å². The summed E-state index contributed by atoms with van der Waals surface area (Å²) in [5.41, 5.74) is 3.88. The van der Waals surface area contributed by atoms with Gasteiger partial charge in [-0.2, -0.15) is 0 Å². The minimum atomic E-state index is -0.872. The molecule has 0 bridgehead atoms. The minimum Gasteiger partial charge on any atom is -0.507 e. The number of anilines is 1. The molecule has 4 aromatic rings. The number of ketones is 1. The molecule has 8 heteroatoms. The number of Topliss-reactive ketones (excluding diaryl/α,β-unsaturated/α-hetero) is 1. The molecule has 2 aliphatic rings. The highest BCUT2D eigenvalue weighted by atomic mass is 32.1. The number of rotatable bonds is 6. The van der Waals surface area contributed by atoms with E-state index in [1.54, 1.807) is 42.5 Å². The van der Waals surface area contributed by atoms with Gasteiger partial charge in [0.1, 0.15) is 30.0 Å². The third kappa shape index (κ3) is 4.36. The van der Waals surface area contributed by atoms with Crippen molar-refractivity contribution in [1.29, 1.82) is 0 Å². The summed E-state index contributed by atoms with van der Waals surface area (Å²) in [7, 11) is 0. The molecule has 0 aliphatic carbocycles. The third-order valence-corrected chi connectivity index (χ3v) is 7.93. The summed E-state index contributed by atoms with van der Waals surface area (Å²) in [6, 6.07) is 17.5. The second-order valence-corrected chi connectivity index (χ2v) is 10.8. The number of carbonyl (C=O) groups excluding carboxylic acids is 2. The normalized spacial score (nSPS) is 19.8. The second-order valence-electron chi connectivity index (χ2n) is 9.76.